The van der Waals surface area contributed by atoms with Gasteiger partial charge in [0.15, 0.2) is 0 Å². The van der Waals surface area contributed by atoms with Gasteiger partial charge in [0.05, 0.1) is 55.2 Å². The zero-order chi connectivity index (χ0) is 66.2. The van der Waals surface area contributed by atoms with Crippen molar-refractivity contribution in [2.45, 2.75) is 0 Å². The number of nitrogens with zero attached hydrogens (tertiary/aromatic N) is 4. The van der Waals surface area contributed by atoms with Crippen LogP contribution in [0.5, 0.6) is 0 Å². The number of benzene rings is 16. The quantitative estimate of drug-likeness (QED) is 0.160. The fourth-order valence-corrected chi connectivity index (χ4v) is 18.1. The van der Waals surface area contributed by atoms with E-state index < -0.39 is 0 Å². The Morgan fingerprint density at radius 3 is 1.17 bits per heavy atom. The molecule has 0 bridgehead atoms. The maximum atomic E-state index is 7.04. The smallest absolute Gasteiger partial charge is 0.143 e. The average Bonchev–Trinajstić information content (AvgIpc) is 1.55. The van der Waals surface area contributed by atoms with E-state index in [1.165, 1.54) is 120 Å². The van der Waals surface area contributed by atoms with Gasteiger partial charge < -0.3 is 26.8 Å². The Balaban J connectivity index is 0.620. The normalized spacial score (nSPS) is 12.5. The predicted molar refractivity (Wildman–Crippen MR) is 426 cm³/mol. The van der Waals surface area contributed by atoms with Crippen molar-refractivity contribution in [3.05, 3.63) is 328 Å². The molecule has 0 radical (unpaired) electrons. The molecule has 102 heavy (non-hydrogen) atoms. The van der Waals surface area contributed by atoms with Crippen molar-refractivity contribution in [1.29, 1.82) is 0 Å². The van der Waals surface area contributed by atoms with Crippen LogP contribution in [0, 0.1) is 0 Å². The molecule has 8 heterocycles. The lowest BCUT2D eigenvalue weighted by Gasteiger charge is -2.13. The van der Waals surface area contributed by atoms with Crippen LogP contribution in [0.25, 0.3) is 231 Å². The first-order valence-electron chi connectivity index (χ1n) is 35.1. The fourth-order valence-electron chi connectivity index (χ4n) is 18.1. The minimum atomic E-state index is 0.855. The first-order chi connectivity index (χ1) is 50.6. The Morgan fingerprint density at radius 2 is 0.559 bits per heavy atom. The summed E-state index contributed by atoms with van der Waals surface area (Å²) in [4.78, 5) is 0. The van der Waals surface area contributed by atoms with Crippen LogP contribution in [-0.4, -0.2) is 17.9 Å². The summed E-state index contributed by atoms with van der Waals surface area (Å²) in [5, 5.41) is 19.4. The third-order valence-corrected chi connectivity index (χ3v) is 22.6. The SMILES string of the molecule is c1ccc2c(c1)oc1ccc(-c3cccc4c5cc(-c6cccc7c6oc6ccc(-c8ccc9c%10ccccc%10n(-c%10ccc(-c%11cc%12c%13ccccc%13n%13c%14ccccc%14c(c%11)c%12%13)cc%10)c9c8)cc67)ccc5n(-c5ccc(-c6cc7c8ccccc8n8c9ccccc9c(c6)c78)cc5)c34)cc12. The molecule has 0 amide bonds. The van der Waals surface area contributed by atoms with Gasteiger partial charge in [-0.15, -0.1) is 0 Å². The highest BCUT2D eigenvalue weighted by molar-refractivity contribution is 6.27. The molecular formula is C96H54N4O2. The van der Waals surface area contributed by atoms with E-state index in [1.54, 1.807) is 0 Å². The van der Waals surface area contributed by atoms with E-state index in [-0.39, 0.29) is 0 Å². The highest BCUT2D eigenvalue weighted by atomic mass is 16.3. The molecule has 6 heteroatoms. The average molecular weight is 1300 g/mol. The minimum Gasteiger partial charge on any atom is -0.456 e. The molecule has 0 N–H and O–H groups in total. The van der Waals surface area contributed by atoms with Gasteiger partial charge in [-0.05, 0) is 172 Å². The summed E-state index contributed by atoms with van der Waals surface area (Å²) in [6.45, 7) is 0. The molecule has 0 spiro atoms. The van der Waals surface area contributed by atoms with Crippen LogP contribution in [0.1, 0.15) is 0 Å². The summed E-state index contributed by atoms with van der Waals surface area (Å²) in [6, 6.07) is 121. The van der Waals surface area contributed by atoms with Crippen LogP contribution in [0.4, 0.5) is 0 Å². The van der Waals surface area contributed by atoms with Crippen LogP contribution in [-0.2, 0) is 0 Å². The van der Waals surface area contributed by atoms with E-state index in [1.807, 2.05) is 6.07 Å². The maximum Gasteiger partial charge on any atom is 0.143 e. The van der Waals surface area contributed by atoms with Crippen molar-refractivity contribution in [1.82, 2.24) is 17.9 Å². The summed E-state index contributed by atoms with van der Waals surface area (Å²) in [6.07, 6.45) is 0. The Hall–Kier alpha value is -13.7. The van der Waals surface area contributed by atoms with Crippen LogP contribution in [0.3, 0.4) is 0 Å². The second-order valence-corrected chi connectivity index (χ2v) is 27.8. The Bertz CT molecular complexity index is 7570. The highest BCUT2D eigenvalue weighted by Gasteiger charge is 2.25. The predicted octanol–water partition coefficient (Wildman–Crippen LogP) is 26.3. The molecule has 24 rings (SSSR count). The molecule has 0 aliphatic carbocycles. The highest BCUT2D eigenvalue weighted by Crippen LogP contribution is 2.48. The monoisotopic (exact) mass is 1290 g/mol. The zero-order valence-electron chi connectivity index (χ0n) is 54.8. The third kappa shape index (κ3) is 7.35. The summed E-state index contributed by atoms with van der Waals surface area (Å²) in [5.74, 6) is 0. The van der Waals surface area contributed by atoms with Gasteiger partial charge >= 0.3 is 0 Å². The Kier molecular flexibility index (Phi) is 10.7. The molecule has 24 aromatic rings. The number of aromatic nitrogens is 4. The largest absolute Gasteiger partial charge is 0.456 e. The van der Waals surface area contributed by atoms with Crippen LogP contribution in [0.2, 0.25) is 0 Å². The van der Waals surface area contributed by atoms with Gasteiger partial charge in [-0.1, -0.05) is 200 Å². The van der Waals surface area contributed by atoms with Crippen molar-refractivity contribution in [3.8, 4) is 67.0 Å². The third-order valence-electron chi connectivity index (χ3n) is 22.6. The summed E-state index contributed by atoms with van der Waals surface area (Å²) in [5.41, 5.74) is 29.3. The van der Waals surface area contributed by atoms with Gasteiger partial charge in [-0.3, -0.25) is 0 Å². The number of hydrogen-bond acceptors (Lipinski definition) is 2. The standard InChI is InChI=1S/C96H54N4O2/c1-7-25-83-67(15-1)72-43-35-58(54-89(72)97(83)63-39-31-55(32-40-63)61-50-79-68-16-2-8-26-84(68)99-85-27-9-3-17-69(85)80(51-61)94(79)99)57-37-45-92-78(47-57)75-24-14-22-66(96(75)102-92)60-36-44-88-76(48-60)74-23-13-21-65(59-38-46-91-77(49-59)73-20-6-12-30-90(73)101-91)93(74)98(88)64-41-33-56(34-42-64)62-52-81-70-18-4-10-28-86(70)100-87-29-11-5-19-71(87)82(53-62)95(81)100/h1-54H. The molecule has 0 unspecified atom stereocenters. The molecule has 0 atom stereocenters. The molecule has 0 aliphatic rings. The number of rotatable bonds is 7. The van der Waals surface area contributed by atoms with Crippen molar-refractivity contribution in [2.75, 3.05) is 0 Å². The topological polar surface area (TPSA) is 45.0 Å². The first kappa shape index (κ1) is 54.3. The van der Waals surface area contributed by atoms with Gasteiger partial charge in [0.25, 0.3) is 0 Å². The van der Waals surface area contributed by atoms with E-state index in [0.29, 0.717) is 0 Å². The van der Waals surface area contributed by atoms with Gasteiger partial charge in [0.1, 0.15) is 22.3 Å². The Morgan fingerprint density at radius 1 is 0.176 bits per heavy atom. The van der Waals surface area contributed by atoms with E-state index in [0.717, 1.165) is 111 Å². The number of furan rings is 2. The maximum absolute atomic E-state index is 7.04. The lowest BCUT2D eigenvalue weighted by atomic mass is 9.97. The molecule has 0 aliphatic heterocycles. The van der Waals surface area contributed by atoms with Gasteiger partial charge in [0, 0.05) is 109 Å². The second-order valence-electron chi connectivity index (χ2n) is 27.8. The summed E-state index contributed by atoms with van der Waals surface area (Å²) < 4.78 is 23.2. The first-order valence-corrected chi connectivity index (χ1v) is 35.1. The van der Waals surface area contributed by atoms with E-state index in [4.69, 9.17) is 8.83 Å². The number of hydrogen-bond donors (Lipinski definition) is 0. The van der Waals surface area contributed by atoms with Crippen molar-refractivity contribution < 1.29 is 8.83 Å². The van der Waals surface area contributed by atoms with Crippen LogP contribution >= 0.6 is 0 Å². The molecule has 470 valence electrons. The van der Waals surface area contributed by atoms with E-state index >= 15 is 0 Å². The Labute approximate surface area is 581 Å². The lowest BCUT2D eigenvalue weighted by Crippen LogP contribution is -1.96. The molecule has 0 fully saturated rings. The molecule has 16 aromatic carbocycles. The molecule has 6 nitrogen and oxygen atoms in total. The number of fused-ring (bicyclic) bond motifs is 24. The van der Waals surface area contributed by atoms with E-state index in [2.05, 4.69) is 339 Å². The van der Waals surface area contributed by atoms with Gasteiger partial charge in [-0.25, -0.2) is 0 Å². The summed E-state index contributed by atoms with van der Waals surface area (Å²) in [7, 11) is 0. The van der Waals surface area contributed by atoms with E-state index in [9.17, 15) is 0 Å². The molecule has 8 aromatic heterocycles. The van der Waals surface area contributed by atoms with Crippen LogP contribution in [0.15, 0.2) is 336 Å². The van der Waals surface area contributed by atoms with Gasteiger partial charge in [0.2, 0.25) is 0 Å². The molecule has 0 saturated carbocycles. The number of para-hydroxylation sites is 8. The fraction of sp³-hybridized carbons (Fsp3) is 0. The minimum absolute atomic E-state index is 0.855. The lowest BCUT2D eigenvalue weighted by molar-refractivity contribution is 0.669. The van der Waals surface area contributed by atoms with Crippen LogP contribution < -0.4 is 0 Å². The van der Waals surface area contributed by atoms with Crippen molar-refractivity contribution in [3.63, 3.8) is 0 Å². The second kappa shape index (κ2) is 20.0. The van der Waals surface area contributed by atoms with Crippen molar-refractivity contribution >= 4 is 164 Å². The van der Waals surface area contributed by atoms with Crippen molar-refractivity contribution in [2.24, 2.45) is 0 Å². The zero-order valence-corrected chi connectivity index (χ0v) is 54.8. The molecular weight excluding hydrogens is 1240 g/mol. The van der Waals surface area contributed by atoms with Gasteiger partial charge in [-0.2, -0.15) is 0 Å². The summed E-state index contributed by atoms with van der Waals surface area (Å²) >= 11 is 0. The molecule has 0 saturated heterocycles.